The van der Waals surface area contributed by atoms with Crippen molar-refractivity contribution in [3.63, 3.8) is 0 Å². The third kappa shape index (κ3) is 8.15. The molecular weight excluding hydrogens is 611 g/mol. The van der Waals surface area contributed by atoms with Gasteiger partial charge in [0, 0.05) is 18.7 Å². The number of H-pyrrole nitrogens is 1. The number of hydrogen-bond donors (Lipinski definition) is 2. The molecule has 0 aliphatic rings. The Morgan fingerprint density at radius 2 is 1.96 bits per heavy atom. The molecule has 0 unspecified atom stereocenters. The first-order valence-electron chi connectivity index (χ1n) is 14.6. The predicted octanol–water partition coefficient (Wildman–Crippen LogP) is 1.33. The number of hydrogen-bond acceptors (Lipinski definition) is 11. The minimum Gasteiger partial charge on any atom is -0.548 e. The number of esters is 1. The molecule has 1 amide bonds. The van der Waals surface area contributed by atoms with Gasteiger partial charge in [0.25, 0.3) is 11.5 Å². The molecule has 0 spiro atoms. The second-order valence-corrected chi connectivity index (χ2v) is 11.9. The lowest BCUT2D eigenvalue weighted by Crippen LogP contribution is -2.48. The summed E-state index contributed by atoms with van der Waals surface area (Å²) in [6.45, 7) is 8.57. The number of aromatic amines is 1. The number of carbonyl (C=O) groups excluding carboxylic acids is 3. The van der Waals surface area contributed by atoms with Crippen molar-refractivity contribution in [1.82, 2.24) is 35.5 Å². The lowest BCUT2D eigenvalue weighted by Gasteiger charge is -2.25. The summed E-state index contributed by atoms with van der Waals surface area (Å²) in [4.78, 5) is 56.4. The molecule has 1 atom stereocenters. The maximum atomic E-state index is 15.3. The minimum atomic E-state index is -1.55. The van der Waals surface area contributed by atoms with Gasteiger partial charge < -0.3 is 24.9 Å². The van der Waals surface area contributed by atoms with Gasteiger partial charge in [0.1, 0.15) is 11.6 Å². The maximum absolute atomic E-state index is 15.3. The number of terminal acetylenes is 1. The van der Waals surface area contributed by atoms with Crippen LogP contribution in [0.2, 0.25) is 0 Å². The molecular formula is C32H34FN8O6-. The molecule has 0 saturated heterocycles. The number of aliphatic carboxylic acids is 1. The summed E-state index contributed by atoms with van der Waals surface area (Å²) < 4.78 is 21.9. The summed E-state index contributed by atoms with van der Waals surface area (Å²) in [6.07, 6.45) is 5.61. The Morgan fingerprint density at radius 1 is 1.21 bits per heavy atom. The summed E-state index contributed by atoms with van der Waals surface area (Å²) in [5.41, 5.74) is 0.790. The Hall–Kier alpha value is -5.65. The largest absolute Gasteiger partial charge is 0.548 e. The van der Waals surface area contributed by atoms with Crippen LogP contribution in [-0.4, -0.2) is 60.6 Å². The molecule has 15 heteroatoms. The number of carbonyl (C=O) groups is 3. The Balaban J connectivity index is 1.56. The highest BCUT2D eigenvalue weighted by molar-refractivity contribution is 5.97. The van der Waals surface area contributed by atoms with Gasteiger partial charge in [-0.25, -0.2) is 9.37 Å². The number of ether oxygens (including phenoxy) is 1. The molecule has 0 saturated carbocycles. The third-order valence-electron chi connectivity index (χ3n) is 7.38. The first-order valence-corrected chi connectivity index (χ1v) is 14.6. The van der Waals surface area contributed by atoms with Crippen molar-refractivity contribution in [3.05, 3.63) is 74.8 Å². The van der Waals surface area contributed by atoms with Crippen molar-refractivity contribution in [1.29, 1.82) is 0 Å². The summed E-state index contributed by atoms with van der Waals surface area (Å²) in [5.74, 6) is -0.700. The average Bonchev–Trinajstić information content (AvgIpc) is 3.52. The summed E-state index contributed by atoms with van der Waals surface area (Å²) >= 11 is 0. The Labute approximate surface area is 269 Å². The van der Waals surface area contributed by atoms with Gasteiger partial charge in [-0.3, -0.25) is 19.0 Å². The number of carboxylic acids is 1. The maximum Gasteiger partial charge on any atom is 0.312 e. The van der Waals surface area contributed by atoms with Crippen LogP contribution in [0.1, 0.15) is 60.3 Å². The van der Waals surface area contributed by atoms with Gasteiger partial charge >= 0.3 is 5.97 Å². The fraction of sp³-hybridized carbons (Fsp3) is 0.375. The quantitative estimate of drug-likeness (QED) is 0.167. The van der Waals surface area contributed by atoms with E-state index in [1.165, 1.54) is 16.7 Å². The van der Waals surface area contributed by atoms with Crippen LogP contribution in [0.15, 0.2) is 35.1 Å². The van der Waals surface area contributed by atoms with E-state index >= 15 is 4.39 Å². The van der Waals surface area contributed by atoms with Crippen molar-refractivity contribution in [2.75, 3.05) is 11.4 Å². The van der Waals surface area contributed by atoms with Crippen LogP contribution in [0.25, 0.3) is 10.9 Å². The highest BCUT2D eigenvalue weighted by atomic mass is 19.1. The van der Waals surface area contributed by atoms with Gasteiger partial charge in [-0.1, -0.05) is 11.1 Å². The molecule has 4 rings (SSSR count). The van der Waals surface area contributed by atoms with Crippen LogP contribution in [0.4, 0.5) is 10.1 Å². The molecule has 2 aromatic carbocycles. The highest BCUT2D eigenvalue weighted by Crippen LogP contribution is 2.24. The SMILES string of the molecule is C#CCN(Cc1cc2c(=O)n(COC(=O)C(C)(C)C)c(C)nc2cc1C)c1ccc(C(=O)N[C@@H](CCc2nn[nH]n2)C(=O)[O-])c(F)c1. The number of amides is 1. The number of tetrazole rings is 1. The highest BCUT2D eigenvalue weighted by Gasteiger charge is 2.24. The number of benzene rings is 2. The summed E-state index contributed by atoms with van der Waals surface area (Å²) in [5, 5.41) is 27.3. The van der Waals surface area contributed by atoms with Crippen LogP contribution >= 0.6 is 0 Å². The van der Waals surface area contributed by atoms with Crippen LogP contribution in [0, 0.1) is 37.4 Å². The van der Waals surface area contributed by atoms with Crippen molar-refractivity contribution >= 4 is 34.4 Å². The Morgan fingerprint density at radius 3 is 2.57 bits per heavy atom. The number of aryl methyl sites for hydroxylation is 3. The smallest absolute Gasteiger partial charge is 0.312 e. The Bertz CT molecular complexity index is 1910. The van der Waals surface area contributed by atoms with Crippen molar-refractivity contribution in [2.24, 2.45) is 5.41 Å². The molecule has 246 valence electrons. The molecule has 47 heavy (non-hydrogen) atoms. The first-order chi connectivity index (χ1) is 22.2. The zero-order valence-corrected chi connectivity index (χ0v) is 26.6. The topological polar surface area (TPSA) is 188 Å². The minimum absolute atomic E-state index is 0.0600. The number of nitrogens with zero attached hydrogens (tertiary/aromatic N) is 6. The van der Waals surface area contributed by atoms with Crippen molar-refractivity contribution in [2.45, 2.75) is 66.8 Å². The van der Waals surface area contributed by atoms with E-state index in [9.17, 15) is 24.3 Å². The van der Waals surface area contributed by atoms with Crippen molar-refractivity contribution < 1.29 is 28.6 Å². The number of rotatable bonds is 12. The van der Waals surface area contributed by atoms with E-state index in [-0.39, 0.29) is 44.0 Å². The molecule has 2 aromatic heterocycles. The van der Waals surface area contributed by atoms with Gasteiger partial charge in [-0.05, 0) is 82.5 Å². The number of fused-ring (bicyclic) bond motifs is 1. The fourth-order valence-electron chi connectivity index (χ4n) is 4.68. The molecule has 0 aliphatic carbocycles. The molecule has 2 heterocycles. The molecule has 14 nitrogen and oxygen atoms in total. The van der Waals surface area contributed by atoms with Crippen LogP contribution < -0.4 is 20.9 Å². The lowest BCUT2D eigenvalue weighted by atomic mass is 9.98. The van der Waals surface area contributed by atoms with E-state index in [0.717, 1.165) is 11.6 Å². The Kier molecular flexibility index (Phi) is 10.3. The first kappa shape index (κ1) is 34.2. The van der Waals surface area contributed by atoms with Crippen LogP contribution in [0.5, 0.6) is 0 Å². The molecule has 4 aromatic rings. The average molecular weight is 646 g/mol. The van der Waals surface area contributed by atoms with Gasteiger partial charge in [0.05, 0.1) is 40.4 Å². The third-order valence-corrected chi connectivity index (χ3v) is 7.38. The van der Waals surface area contributed by atoms with Gasteiger partial charge in [-0.2, -0.15) is 5.21 Å². The summed E-state index contributed by atoms with van der Waals surface area (Å²) in [6, 6.07) is 5.85. The molecule has 2 N–H and O–H groups in total. The monoisotopic (exact) mass is 645 g/mol. The molecule has 0 bridgehead atoms. The van der Waals surface area contributed by atoms with E-state index < -0.39 is 40.7 Å². The van der Waals surface area contributed by atoms with Gasteiger partial charge in [0.2, 0.25) is 0 Å². The number of anilines is 1. The number of aromatic nitrogens is 6. The molecule has 0 radical (unpaired) electrons. The number of carboxylic acid groups (broad SMARTS) is 1. The van der Waals surface area contributed by atoms with Crippen LogP contribution in [-0.2, 0) is 34.0 Å². The standard InChI is InChI=1S/C32H35FN8O6/c1-7-12-40(21-8-9-22(24(33)15-21)28(42)35-25(30(44)45)10-11-27-36-38-39-37-27)16-20-14-23-26(13-18(20)2)34-19(3)41(29(23)43)17-47-31(46)32(4,5)6/h1,8-9,13-15,25H,10-12,16-17H2,2-6H3,(H,35,42)(H,44,45)(H,36,37,38,39)/p-1/t25-/m0/s1. The van der Waals surface area contributed by atoms with Gasteiger partial charge in [0.15, 0.2) is 12.6 Å². The van der Waals surface area contributed by atoms with E-state index in [0.29, 0.717) is 28.0 Å². The second-order valence-electron chi connectivity index (χ2n) is 11.9. The summed E-state index contributed by atoms with van der Waals surface area (Å²) in [7, 11) is 0. The fourth-order valence-corrected chi connectivity index (χ4v) is 4.68. The molecule has 0 fully saturated rings. The lowest BCUT2D eigenvalue weighted by molar-refractivity contribution is -0.308. The second kappa shape index (κ2) is 14.2. The van der Waals surface area contributed by atoms with E-state index in [1.54, 1.807) is 44.7 Å². The number of halogens is 1. The van der Waals surface area contributed by atoms with Gasteiger partial charge in [-0.15, -0.1) is 16.6 Å². The van der Waals surface area contributed by atoms with E-state index in [2.05, 4.69) is 36.8 Å². The zero-order chi connectivity index (χ0) is 34.5. The van der Waals surface area contributed by atoms with Crippen LogP contribution in [0.3, 0.4) is 0 Å². The number of nitrogens with one attached hydrogen (secondary N) is 2. The van der Waals surface area contributed by atoms with Crippen molar-refractivity contribution in [3.8, 4) is 12.3 Å². The normalized spacial score (nSPS) is 11.9. The predicted molar refractivity (Wildman–Crippen MR) is 166 cm³/mol. The molecule has 0 aliphatic heterocycles. The van der Waals surface area contributed by atoms with E-state index in [4.69, 9.17) is 11.2 Å². The van der Waals surface area contributed by atoms with E-state index in [1.807, 2.05) is 6.92 Å². The zero-order valence-electron chi connectivity index (χ0n) is 26.6.